The molecule has 1 amide bonds. The summed E-state index contributed by atoms with van der Waals surface area (Å²) >= 11 is 0. The van der Waals surface area contributed by atoms with Crippen molar-refractivity contribution < 1.29 is 42.4 Å². The first-order valence-corrected chi connectivity index (χ1v) is 11.9. The summed E-state index contributed by atoms with van der Waals surface area (Å²) in [7, 11) is 1.52. The number of hydrogen-bond acceptors (Lipinski definition) is 6. The molecule has 1 aliphatic rings. The van der Waals surface area contributed by atoms with Gasteiger partial charge in [0.05, 0.1) is 18.7 Å². The van der Waals surface area contributed by atoms with E-state index < -0.39 is 35.6 Å². The topological polar surface area (TPSA) is 96.3 Å². The minimum absolute atomic E-state index is 0.0608. The molecule has 0 aliphatic carbocycles. The van der Waals surface area contributed by atoms with Gasteiger partial charge in [-0.15, -0.1) is 13.2 Å². The number of alkyl halides is 3. The van der Waals surface area contributed by atoms with Gasteiger partial charge in [-0.1, -0.05) is 32.9 Å². The third-order valence-electron chi connectivity index (χ3n) is 6.28. The minimum Gasteiger partial charge on any atom is -0.508 e. The quantitative estimate of drug-likeness (QED) is 0.226. The average Bonchev–Trinajstić information content (AvgIpc) is 3.13. The predicted octanol–water partition coefficient (Wildman–Crippen LogP) is 6.22. The Bertz CT molecular complexity index is 1440. The monoisotopic (exact) mass is 541 g/mol. The molecule has 1 atom stereocenters. The fourth-order valence-corrected chi connectivity index (χ4v) is 4.48. The maximum atomic E-state index is 13.4. The van der Waals surface area contributed by atoms with Crippen molar-refractivity contribution in [2.24, 2.45) is 0 Å². The first-order valence-electron chi connectivity index (χ1n) is 11.9. The number of benzene rings is 3. The van der Waals surface area contributed by atoms with Crippen molar-refractivity contribution in [1.82, 2.24) is 0 Å². The van der Waals surface area contributed by atoms with Crippen LogP contribution >= 0.6 is 0 Å². The summed E-state index contributed by atoms with van der Waals surface area (Å²) < 4.78 is 47.3. The van der Waals surface area contributed by atoms with Gasteiger partial charge in [0.1, 0.15) is 23.0 Å². The fraction of sp³-hybridized carbons (Fsp3) is 0.241. The second kappa shape index (κ2) is 10.0. The van der Waals surface area contributed by atoms with E-state index in [9.17, 15) is 33.0 Å². The third-order valence-corrected chi connectivity index (χ3v) is 6.28. The van der Waals surface area contributed by atoms with Crippen molar-refractivity contribution >= 4 is 23.1 Å². The van der Waals surface area contributed by atoms with Crippen LogP contribution in [-0.2, 0) is 15.0 Å². The molecular weight excluding hydrogens is 515 g/mol. The van der Waals surface area contributed by atoms with Crippen LogP contribution in [0.25, 0.3) is 5.76 Å². The minimum atomic E-state index is -4.90. The van der Waals surface area contributed by atoms with E-state index in [0.717, 1.165) is 22.6 Å². The zero-order chi connectivity index (χ0) is 28.7. The number of phenols is 1. The number of ether oxygens (including phenoxy) is 2. The molecule has 3 aromatic rings. The highest BCUT2D eigenvalue weighted by Gasteiger charge is 2.47. The Kier molecular flexibility index (Phi) is 7.08. The molecule has 0 radical (unpaired) electrons. The number of Topliss-reactive ketones (excluding diaryl/α,β-unsaturated/α-hetero) is 1. The molecule has 1 heterocycles. The lowest BCUT2D eigenvalue weighted by Gasteiger charge is -2.26. The number of carbonyl (C=O) groups is 2. The molecule has 39 heavy (non-hydrogen) atoms. The van der Waals surface area contributed by atoms with Gasteiger partial charge in [0.25, 0.3) is 11.7 Å². The Morgan fingerprint density at radius 1 is 0.923 bits per heavy atom. The van der Waals surface area contributed by atoms with Gasteiger partial charge in [-0.25, -0.2) is 0 Å². The van der Waals surface area contributed by atoms with Crippen LogP contribution in [-0.4, -0.2) is 35.4 Å². The van der Waals surface area contributed by atoms with Crippen LogP contribution in [0.2, 0.25) is 0 Å². The summed E-state index contributed by atoms with van der Waals surface area (Å²) in [6, 6.07) is 13.9. The number of rotatable bonds is 5. The second-order valence-corrected chi connectivity index (χ2v) is 9.97. The van der Waals surface area contributed by atoms with E-state index >= 15 is 0 Å². The van der Waals surface area contributed by atoms with Crippen LogP contribution in [0.4, 0.5) is 18.9 Å². The summed E-state index contributed by atoms with van der Waals surface area (Å²) in [5.74, 6) is -2.38. The Hall–Kier alpha value is -4.47. The molecule has 1 fully saturated rings. The van der Waals surface area contributed by atoms with E-state index in [4.69, 9.17) is 4.74 Å². The molecule has 0 aromatic heterocycles. The summed E-state index contributed by atoms with van der Waals surface area (Å²) in [6.07, 6.45) is -4.90. The zero-order valence-corrected chi connectivity index (χ0v) is 21.5. The maximum absolute atomic E-state index is 13.4. The number of carbonyl (C=O) groups excluding carboxylic acids is 2. The van der Waals surface area contributed by atoms with Gasteiger partial charge in [0.2, 0.25) is 0 Å². The maximum Gasteiger partial charge on any atom is 0.573 e. The van der Waals surface area contributed by atoms with Crippen molar-refractivity contribution in [3.05, 3.63) is 89.0 Å². The summed E-state index contributed by atoms with van der Waals surface area (Å²) in [6.45, 7) is 5.86. The van der Waals surface area contributed by atoms with Crippen LogP contribution in [0.5, 0.6) is 17.2 Å². The molecule has 1 unspecified atom stereocenters. The number of aromatic hydroxyl groups is 1. The molecule has 1 saturated heterocycles. The Labute approximate surface area is 222 Å². The molecule has 10 heteroatoms. The highest BCUT2D eigenvalue weighted by molar-refractivity contribution is 6.51. The van der Waals surface area contributed by atoms with E-state index in [1.165, 1.54) is 43.5 Å². The van der Waals surface area contributed by atoms with Gasteiger partial charge in [-0.05, 0) is 65.6 Å². The van der Waals surface area contributed by atoms with Crippen molar-refractivity contribution in [3.8, 4) is 17.2 Å². The molecule has 0 saturated carbocycles. The van der Waals surface area contributed by atoms with E-state index in [1.54, 1.807) is 18.2 Å². The van der Waals surface area contributed by atoms with Gasteiger partial charge < -0.3 is 19.7 Å². The molecule has 4 rings (SSSR count). The number of nitrogens with zero attached hydrogens (tertiary/aromatic N) is 1. The lowest BCUT2D eigenvalue weighted by Crippen LogP contribution is -2.29. The van der Waals surface area contributed by atoms with Gasteiger partial charge >= 0.3 is 6.36 Å². The molecule has 204 valence electrons. The normalized spacial score (nSPS) is 17.4. The highest BCUT2D eigenvalue weighted by Crippen LogP contribution is 2.44. The SMILES string of the molecule is COc1ccc(/C(O)=C2/C(=O)C(=O)N(c3ccc(OC(F)(F)F)cc3)C2c2ccc(O)cc2)cc1C(C)(C)C. The predicted molar refractivity (Wildman–Crippen MR) is 138 cm³/mol. The number of aliphatic hydroxyl groups is 1. The summed E-state index contributed by atoms with van der Waals surface area (Å²) in [4.78, 5) is 27.7. The molecule has 0 spiro atoms. The van der Waals surface area contributed by atoms with Crippen LogP contribution in [0.15, 0.2) is 72.3 Å². The summed E-state index contributed by atoms with van der Waals surface area (Å²) in [5.41, 5.74) is 0.916. The molecule has 3 aromatic carbocycles. The smallest absolute Gasteiger partial charge is 0.508 e. The standard InChI is InChI=1S/C29H26F3NO6/c1-28(2,3)21-15-17(7-14-22(21)38-4)25(35)23-24(16-5-10-19(34)11-6-16)33(27(37)26(23)36)18-8-12-20(13-9-18)39-29(30,31)32/h5-15,24,34-35H,1-4H3/b25-23-. The number of methoxy groups -OCH3 is 1. The van der Waals surface area contributed by atoms with Crippen molar-refractivity contribution in [3.63, 3.8) is 0 Å². The molecular formula is C29H26F3NO6. The number of ketones is 1. The van der Waals surface area contributed by atoms with Crippen molar-refractivity contribution in [1.29, 1.82) is 0 Å². The van der Waals surface area contributed by atoms with E-state index in [2.05, 4.69) is 4.74 Å². The average molecular weight is 542 g/mol. The lowest BCUT2D eigenvalue weighted by molar-refractivity contribution is -0.274. The summed E-state index contributed by atoms with van der Waals surface area (Å²) in [5, 5.41) is 21.2. The van der Waals surface area contributed by atoms with Gasteiger partial charge in [0.15, 0.2) is 0 Å². The van der Waals surface area contributed by atoms with Crippen LogP contribution in [0, 0.1) is 0 Å². The van der Waals surface area contributed by atoms with Crippen LogP contribution < -0.4 is 14.4 Å². The lowest BCUT2D eigenvalue weighted by atomic mass is 9.84. The molecule has 7 nitrogen and oxygen atoms in total. The molecule has 2 N–H and O–H groups in total. The largest absolute Gasteiger partial charge is 0.573 e. The first-order chi connectivity index (χ1) is 18.2. The number of aliphatic hydroxyl groups excluding tert-OH is 1. The number of halogens is 3. The highest BCUT2D eigenvalue weighted by atomic mass is 19.4. The van der Waals surface area contributed by atoms with Crippen LogP contribution in [0.1, 0.15) is 43.5 Å². The number of amides is 1. The van der Waals surface area contributed by atoms with Gasteiger partial charge in [-0.3, -0.25) is 14.5 Å². The van der Waals surface area contributed by atoms with Crippen molar-refractivity contribution in [2.75, 3.05) is 12.0 Å². The number of hydrogen-bond donors (Lipinski definition) is 2. The number of anilines is 1. The first kappa shape index (κ1) is 27.6. The van der Waals surface area contributed by atoms with E-state index in [1.807, 2.05) is 20.8 Å². The Balaban J connectivity index is 1.89. The third kappa shape index (κ3) is 5.55. The molecule has 1 aliphatic heterocycles. The fourth-order valence-electron chi connectivity index (χ4n) is 4.48. The number of phenolic OH excluding ortho intramolecular Hbond substituents is 1. The molecule has 0 bridgehead atoms. The van der Waals surface area contributed by atoms with E-state index in [0.29, 0.717) is 11.3 Å². The van der Waals surface area contributed by atoms with E-state index in [-0.39, 0.29) is 28.0 Å². The van der Waals surface area contributed by atoms with Crippen molar-refractivity contribution in [2.45, 2.75) is 38.6 Å². The van der Waals surface area contributed by atoms with Gasteiger partial charge in [0, 0.05) is 16.8 Å². The van der Waals surface area contributed by atoms with Gasteiger partial charge in [-0.2, -0.15) is 0 Å². The Morgan fingerprint density at radius 3 is 2.08 bits per heavy atom. The zero-order valence-electron chi connectivity index (χ0n) is 21.5. The Morgan fingerprint density at radius 2 is 1.54 bits per heavy atom. The second-order valence-electron chi connectivity index (χ2n) is 9.97. The van der Waals surface area contributed by atoms with Crippen LogP contribution in [0.3, 0.4) is 0 Å².